The molecule has 0 fully saturated rings. The van der Waals surface area contributed by atoms with E-state index in [0.29, 0.717) is 22.3 Å². The molecule has 0 spiro atoms. The summed E-state index contributed by atoms with van der Waals surface area (Å²) in [6.07, 6.45) is 4.02. The van der Waals surface area contributed by atoms with Crippen molar-refractivity contribution in [1.82, 2.24) is 0 Å². The van der Waals surface area contributed by atoms with Gasteiger partial charge in [0.05, 0.1) is 0 Å². The van der Waals surface area contributed by atoms with Crippen molar-refractivity contribution in [3.8, 4) is 22.6 Å². The molecule has 174 valence electrons. The van der Waals surface area contributed by atoms with E-state index in [1.807, 2.05) is 0 Å². The van der Waals surface area contributed by atoms with Crippen LogP contribution in [0.25, 0.3) is 11.1 Å². The summed E-state index contributed by atoms with van der Waals surface area (Å²) in [5.74, 6) is -2.72. The van der Waals surface area contributed by atoms with Crippen molar-refractivity contribution in [2.45, 2.75) is 13.2 Å². The van der Waals surface area contributed by atoms with E-state index in [4.69, 9.17) is 18.9 Å². The molecule has 2 aromatic carbocycles. The highest BCUT2D eigenvalue weighted by molar-refractivity contribution is 5.87. The number of hydrogen-bond donors (Lipinski definition) is 0. The Morgan fingerprint density at radius 1 is 0.588 bits per heavy atom. The number of ether oxygens (including phenoxy) is 4. The predicted molar refractivity (Wildman–Crippen MR) is 124 cm³/mol. The van der Waals surface area contributed by atoms with Crippen molar-refractivity contribution in [3.63, 3.8) is 0 Å². The summed E-state index contributed by atoms with van der Waals surface area (Å²) >= 11 is 0. The van der Waals surface area contributed by atoms with E-state index in [2.05, 4.69) is 26.3 Å². The Hall–Kier alpha value is -4.72. The van der Waals surface area contributed by atoms with E-state index in [-0.39, 0.29) is 24.7 Å². The maximum Gasteiger partial charge on any atom is 0.335 e. The first kappa shape index (κ1) is 25.5. The van der Waals surface area contributed by atoms with Crippen LogP contribution >= 0.6 is 0 Å². The first-order chi connectivity index (χ1) is 16.3. The summed E-state index contributed by atoms with van der Waals surface area (Å²) in [7, 11) is 0. The Labute approximate surface area is 196 Å². The molecule has 0 amide bonds. The molecule has 8 nitrogen and oxygen atoms in total. The van der Waals surface area contributed by atoms with Crippen molar-refractivity contribution in [3.05, 3.63) is 98.1 Å². The quantitative estimate of drug-likeness (QED) is 0.280. The maximum atomic E-state index is 11.8. The minimum Gasteiger partial charge on any atom is -0.458 e. The van der Waals surface area contributed by atoms with E-state index in [1.165, 1.54) is 12.1 Å². The van der Waals surface area contributed by atoms with Crippen LogP contribution in [0, 0.1) is 0 Å². The van der Waals surface area contributed by atoms with Gasteiger partial charge in [-0.15, -0.1) is 0 Å². The van der Waals surface area contributed by atoms with Gasteiger partial charge >= 0.3 is 23.9 Å². The molecule has 8 heteroatoms. The van der Waals surface area contributed by atoms with Crippen molar-refractivity contribution >= 4 is 23.9 Å². The van der Waals surface area contributed by atoms with E-state index in [9.17, 15) is 19.2 Å². The fourth-order valence-electron chi connectivity index (χ4n) is 2.67. The third-order valence-corrected chi connectivity index (χ3v) is 4.18. The van der Waals surface area contributed by atoms with Crippen LogP contribution in [0.5, 0.6) is 11.5 Å². The molecule has 0 saturated carbocycles. The molecule has 0 aromatic heterocycles. The number of carbonyl (C=O) groups excluding carboxylic acids is 4. The Bertz CT molecular complexity index is 1120. The highest BCUT2D eigenvalue weighted by Crippen LogP contribution is 2.34. The van der Waals surface area contributed by atoms with Gasteiger partial charge in [-0.3, -0.25) is 0 Å². The van der Waals surface area contributed by atoms with Crippen molar-refractivity contribution < 1.29 is 38.1 Å². The third-order valence-electron chi connectivity index (χ3n) is 4.18. The maximum absolute atomic E-state index is 11.8. The molecule has 0 atom stereocenters. The van der Waals surface area contributed by atoms with Crippen LogP contribution in [0.1, 0.15) is 11.1 Å². The fraction of sp³-hybridized carbons (Fsp3) is 0.0769. The van der Waals surface area contributed by atoms with Gasteiger partial charge in [-0.2, -0.15) is 0 Å². The van der Waals surface area contributed by atoms with Crippen molar-refractivity contribution in [1.29, 1.82) is 0 Å². The first-order valence-corrected chi connectivity index (χ1v) is 9.83. The smallest absolute Gasteiger partial charge is 0.335 e. The van der Waals surface area contributed by atoms with E-state index < -0.39 is 23.9 Å². The molecule has 0 radical (unpaired) electrons. The summed E-state index contributed by atoms with van der Waals surface area (Å²) in [5.41, 5.74) is 2.39. The lowest BCUT2D eigenvalue weighted by Gasteiger charge is -2.13. The third kappa shape index (κ3) is 7.45. The van der Waals surface area contributed by atoms with Crippen LogP contribution < -0.4 is 9.47 Å². The fourth-order valence-corrected chi connectivity index (χ4v) is 2.67. The number of carbonyl (C=O) groups is 4. The molecule has 0 unspecified atom stereocenters. The van der Waals surface area contributed by atoms with Gasteiger partial charge in [0.1, 0.15) is 13.2 Å². The molecule has 2 rings (SSSR count). The molecular weight excluding hydrogens is 440 g/mol. The second-order valence-corrected chi connectivity index (χ2v) is 6.57. The summed E-state index contributed by atoms with van der Waals surface area (Å²) in [6, 6.07) is 9.74. The van der Waals surface area contributed by atoms with Crippen LogP contribution in [-0.2, 0) is 41.9 Å². The van der Waals surface area contributed by atoms with Crippen molar-refractivity contribution in [2.75, 3.05) is 0 Å². The molecule has 2 aromatic rings. The average molecular weight is 462 g/mol. The number of rotatable bonds is 11. The molecule has 0 aliphatic heterocycles. The van der Waals surface area contributed by atoms with Crippen molar-refractivity contribution in [2.24, 2.45) is 0 Å². The van der Waals surface area contributed by atoms with Gasteiger partial charge in [0.15, 0.2) is 11.5 Å². The summed E-state index contributed by atoms with van der Waals surface area (Å²) in [4.78, 5) is 46.4. The van der Waals surface area contributed by atoms with E-state index >= 15 is 0 Å². The average Bonchev–Trinajstić information content (AvgIpc) is 2.86. The highest BCUT2D eigenvalue weighted by atomic mass is 16.6. The standard InChI is InChI=1S/C26H22O8/c1-5-23(27)31-15-17-11-18(16-32-24(28)6-2)13-20(12-17)19-9-10-21(33-25(29)7-3)22(14-19)34-26(30)8-4/h5-14H,1-4,15-16H2. The molecule has 0 saturated heterocycles. The molecule has 34 heavy (non-hydrogen) atoms. The number of esters is 4. The van der Waals surface area contributed by atoms with E-state index in [0.717, 1.165) is 24.3 Å². The Morgan fingerprint density at radius 3 is 1.53 bits per heavy atom. The first-order valence-electron chi connectivity index (χ1n) is 9.83. The van der Waals surface area contributed by atoms with Gasteiger partial charge in [-0.25, -0.2) is 19.2 Å². The van der Waals surface area contributed by atoms with Gasteiger partial charge < -0.3 is 18.9 Å². The highest BCUT2D eigenvalue weighted by Gasteiger charge is 2.14. The SMILES string of the molecule is C=CC(=O)OCc1cc(COC(=O)C=C)cc(-c2ccc(OC(=O)C=C)c(OC(=O)C=C)c2)c1. The lowest BCUT2D eigenvalue weighted by Crippen LogP contribution is -2.08. The normalized spacial score (nSPS) is 9.76. The summed E-state index contributed by atoms with van der Waals surface area (Å²) < 4.78 is 20.6. The lowest BCUT2D eigenvalue weighted by molar-refractivity contribution is -0.139. The number of benzene rings is 2. The Balaban J connectivity index is 2.50. The molecule has 0 heterocycles. The summed E-state index contributed by atoms with van der Waals surface area (Å²) in [5, 5.41) is 0. The summed E-state index contributed by atoms with van der Waals surface area (Å²) in [6.45, 7) is 13.3. The number of hydrogen-bond acceptors (Lipinski definition) is 8. The molecular formula is C26H22O8. The molecule has 0 aliphatic rings. The largest absolute Gasteiger partial charge is 0.458 e. The molecule has 0 N–H and O–H groups in total. The molecule has 0 bridgehead atoms. The second kappa shape index (κ2) is 12.4. The minimum atomic E-state index is -0.754. The van der Waals surface area contributed by atoms with Crippen LogP contribution in [-0.4, -0.2) is 23.9 Å². The second-order valence-electron chi connectivity index (χ2n) is 6.57. The molecule has 0 aliphatic carbocycles. The lowest BCUT2D eigenvalue weighted by atomic mass is 9.99. The van der Waals surface area contributed by atoms with Gasteiger partial charge in [-0.05, 0) is 52.6 Å². The van der Waals surface area contributed by atoms with Crippen LogP contribution in [0.2, 0.25) is 0 Å². The van der Waals surface area contributed by atoms with Gasteiger partial charge in [0.25, 0.3) is 0 Å². The van der Waals surface area contributed by atoms with Gasteiger partial charge in [0.2, 0.25) is 0 Å². The van der Waals surface area contributed by atoms with Crippen LogP contribution in [0.15, 0.2) is 87.0 Å². The van der Waals surface area contributed by atoms with Gasteiger partial charge in [0, 0.05) is 24.3 Å². The Kier molecular flexibility index (Phi) is 9.28. The zero-order chi connectivity index (χ0) is 25.1. The predicted octanol–water partition coefficient (Wildman–Crippen LogP) is 3.99. The zero-order valence-corrected chi connectivity index (χ0v) is 18.3. The minimum absolute atomic E-state index is 0.0000501. The van der Waals surface area contributed by atoms with E-state index in [1.54, 1.807) is 24.3 Å². The Morgan fingerprint density at radius 2 is 1.06 bits per heavy atom. The zero-order valence-electron chi connectivity index (χ0n) is 18.3. The van der Waals surface area contributed by atoms with Crippen LogP contribution in [0.3, 0.4) is 0 Å². The monoisotopic (exact) mass is 462 g/mol. The van der Waals surface area contributed by atoms with Gasteiger partial charge in [-0.1, -0.05) is 32.4 Å². The van der Waals surface area contributed by atoms with Crippen LogP contribution in [0.4, 0.5) is 0 Å². The topological polar surface area (TPSA) is 105 Å².